The van der Waals surface area contributed by atoms with Crippen LogP contribution in [0.4, 0.5) is 14.2 Å². The quantitative estimate of drug-likeness (QED) is 0.800. The molecule has 0 saturated carbocycles. The van der Waals surface area contributed by atoms with Crippen molar-refractivity contribution in [3.8, 4) is 0 Å². The van der Waals surface area contributed by atoms with Crippen molar-refractivity contribution < 1.29 is 17.6 Å². The number of benzene rings is 1. The summed E-state index contributed by atoms with van der Waals surface area (Å²) in [7, 11) is -3.73. The van der Waals surface area contributed by atoms with Gasteiger partial charge in [-0.05, 0) is 80.9 Å². The molecule has 1 aliphatic rings. The Labute approximate surface area is 168 Å². The summed E-state index contributed by atoms with van der Waals surface area (Å²) in [6.45, 7) is 6.00. The number of urea groups is 1. The Morgan fingerprint density at radius 2 is 1.96 bits per heavy atom. The number of hydrogen-bond donors (Lipinski definition) is 1. The lowest BCUT2D eigenvalue weighted by Gasteiger charge is -2.40. The lowest BCUT2D eigenvalue weighted by molar-refractivity contribution is 0.171. The molecule has 0 unspecified atom stereocenters. The number of hydrogen-bond acceptors (Lipinski definition) is 5. The van der Waals surface area contributed by atoms with Gasteiger partial charge in [-0.3, -0.25) is 5.32 Å². The number of aromatic nitrogens is 1. The first-order chi connectivity index (χ1) is 13.1. The average Bonchev–Trinajstić information content (AvgIpc) is 3.13. The van der Waals surface area contributed by atoms with Crippen LogP contribution in [-0.4, -0.2) is 41.6 Å². The molecule has 0 atom stereocenters. The third-order valence-corrected chi connectivity index (χ3v) is 8.69. The van der Waals surface area contributed by atoms with Crippen molar-refractivity contribution in [1.82, 2.24) is 9.27 Å². The molecule has 1 N–H and O–H groups in total. The van der Waals surface area contributed by atoms with Crippen molar-refractivity contribution >= 4 is 32.4 Å². The number of nitrogens with one attached hydrogen (secondary N) is 1. The lowest BCUT2D eigenvalue weighted by atomic mass is 9.86. The van der Waals surface area contributed by atoms with Gasteiger partial charge in [0.25, 0.3) is 0 Å². The third kappa shape index (κ3) is 4.05. The molecule has 0 bridgehead atoms. The van der Waals surface area contributed by atoms with Crippen molar-refractivity contribution in [2.45, 2.75) is 43.3 Å². The van der Waals surface area contributed by atoms with Crippen LogP contribution < -0.4 is 5.32 Å². The molecule has 152 valence electrons. The van der Waals surface area contributed by atoms with Gasteiger partial charge in [-0.15, -0.1) is 0 Å². The first-order valence-electron chi connectivity index (χ1n) is 9.09. The topological polar surface area (TPSA) is 79.4 Å². The maximum atomic E-state index is 13.8. The zero-order chi connectivity index (χ0) is 20.5. The van der Waals surface area contributed by atoms with E-state index in [0.29, 0.717) is 36.5 Å². The molecule has 1 aliphatic heterocycles. The van der Waals surface area contributed by atoms with Crippen molar-refractivity contribution in [2.75, 3.05) is 18.4 Å². The third-order valence-electron chi connectivity index (χ3n) is 5.45. The number of carbonyl (C=O) groups is 1. The summed E-state index contributed by atoms with van der Waals surface area (Å²) in [6.07, 6.45) is 2.75. The number of halogens is 1. The minimum atomic E-state index is -3.73. The SMILES string of the molecule is Cc1cc(F)cc(S(=O)(=O)C(C)(C)C2CCN(C(=O)Nc3ccns3)CC2)c1. The Morgan fingerprint density at radius 3 is 2.54 bits per heavy atom. The molecule has 1 aromatic carbocycles. The van der Waals surface area contributed by atoms with Gasteiger partial charge >= 0.3 is 6.03 Å². The molecule has 28 heavy (non-hydrogen) atoms. The van der Waals surface area contributed by atoms with E-state index >= 15 is 0 Å². The second-order valence-electron chi connectivity index (χ2n) is 7.64. The number of sulfone groups is 1. The van der Waals surface area contributed by atoms with Gasteiger partial charge in [-0.2, -0.15) is 4.37 Å². The number of likely N-dealkylation sites (tertiary alicyclic amines) is 1. The molecular weight excluding hydrogens is 401 g/mol. The van der Waals surface area contributed by atoms with Crippen LogP contribution in [-0.2, 0) is 9.84 Å². The monoisotopic (exact) mass is 425 g/mol. The van der Waals surface area contributed by atoms with Gasteiger partial charge in [-0.25, -0.2) is 17.6 Å². The standard InChI is InChI=1S/C19H24FN3O3S2/c1-13-10-15(20)12-16(11-13)28(25,26)19(2,3)14-5-8-23(9-6-14)18(24)22-17-4-7-21-27-17/h4,7,10-12,14H,5-6,8-9H2,1-3H3,(H,22,24). The molecule has 2 heterocycles. The zero-order valence-corrected chi connectivity index (χ0v) is 17.7. The predicted molar refractivity (Wildman–Crippen MR) is 108 cm³/mol. The largest absolute Gasteiger partial charge is 0.324 e. The van der Waals surface area contributed by atoms with E-state index in [2.05, 4.69) is 9.69 Å². The van der Waals surface area contributed by atoms with Crippen LogP contribution in [0.1, 0.15) is 32.3 Å². The van der Waals surface area contributed by atoms with Gasteiger partial charge in [0.15, 0.2) is 9.84 Å². The Kier molecular flexibility index (Phi) is 5.77. The van der Waals surface area contributed by atoms with E-state index in [9.17, 15) is 17.6 Å². The number of nitrogens with zero attached hydrogens (tertiary/aromatic N) is 2. The van der Waals surface area contributed by atoms with Crippen LogP contribution in [0.3, 0.4) is 0 Å². The second kappa shape index (κ2) is 7.79. The van der Waals surface area contributed by atoms with Crippen LogP contribution in [0.2, 0.25) is 0 Å². The minimum absolute atomic E-state index is 0.0142. The molecule has 1 saturated heterocycles. The Balaban J connectivity index is 1.70. The molecule has 0 aliphatic carbocycles. The fraction of sp³-hybridized carbons (Fsp3) is 0.474. The number of aryl methyl sites for hydroxylation is 1. The first kappa shape index (κ1) is 20.7. The Hall–Kier alpha value is -2.00. The highest BCUT2D eigenvalue weighted by molar-refractivity contribution is 7.92. The van der Waals surface area contributed by atoms with Crippen molar-refractivity contribution in [3.05, 3.63) is 41.8 Å². The van der Waals surface area contributed by atoms with Gasteiger partial charge in [0, 0.05) is 19.3 Å². The number of anilines is 1. The molecule has 6 nitrogen and oxygen atoms in total. The summed E-state index contributed by atoms with van der Waals surface area (Å²) in [5.41, 5.74) is 0.573. The van der Waals surface area contributed by atoms with E-state index in [-0.39, 0.29) is 16.8 Å². The summed E-state index contributed by atoms with van der Waals surface area (Å²) in [6, 6.07) is 5.43. The summed E-state index contributed by atoms with van der Waals surface area (Å²) in [4.78, 5) is 14.0. The molecule has 1 aromatic heterocycles. The number of piperidine rings is 1. The maximum absolute atomic E-state index is 13.8. The Morgan fingerprint density at radius 1 is 1.29 bits per heavy atom. The molecule has 2 amide bonds. The highest BCUT2D eigenvalue weighted by Gasteiger charge is 2.44. The molecule has 2 aromatic rings. The van der Waals surface area contributed by atoms with Gasteiger partial charge < -0.3 is 4.90 Å². The smallest absolute Gasteiger partial charge is 0.322 e. The molecule has 0 spiro atoms. The predicted octanol–water partition coefficient (Wildman–Crippen LogP) is 4.09. The molecule has 9 heteroatoms. The number of amides is 2. The van der Waals surface area contributed by atoms with E-state index in [1.807, 2.05) is 0 Å². The number of carbonyl (C=O) groups excluding carboxylic acids is 1. The minimum Gasteiger partial charge on any atom is -0.324 e. The summed E-state index contributed by atoms with van der Waals surface area (Å²) >= 11 is 1.20. The molecule has 1 fully saturated rings. The van der Waals surface area contributed by atoms with E-state index in [1.54, 1.807) is 37.9 Å². The molecule has 0 radical (unpaired) electrons. The average molecular weight is 426 g/mol. The fourth-order valence-corrected chi connectivity index (χ4v) is 6.00. The summed E-state index contributed by atoms with van der Waals surface area (Å²) in [5, 5.41) is 3.47. The van der Waals surface area contributed by atoms with E-state index in [1.165, 1.54) is 23.7 Å². The number of rotatable bonds is 4. The first-order valence-corrected chi connectivity index (χ1v) is 11.4. The van der Waals surface area contributed by atoms with Crippen LogP contribution in [0.25, 0.3) is 0 Å². The van der Waals surface area contributed by atoms with Gasteiger partial charge in [-0.1, -0.05) is 0 Å². The summed E-state index contributed by atoms with van der Waals surface area (Å²) < 4.78 is 43.1. The van der Waals surface area contributed by atoms with E-state index < -0.39 is 20.4 Å². The van der Waals surface area contributed by atoms with Crippen LogP contribution in [0, 0.1) is 18.7 Å². The molecular formula is C19H24FN3O3S2. The van der Waals surface area contributed by atoms with Gasteiger partial charge in [0.05, 0.1) is 9.64 Å². The van der Waals surface area contributed by atoms with Crippen LogP contribution in [0.5, 0.6) is 0 Å². The van der Waals surface area contributed by atoms with Gasteiger partial charge in [0.1, 0.15) is 10.8 Å². The maximum Gasteiger partial charge on any atom is 0.322 e. The second-order valence-corrected chi connectivity index (χ2v) is 11.0. The lowest BCUT2D eigenvalue weighted by Crippen LogP contribution is -2.48. The highest BCUT2D eigenvalue weighted by Crippen LogP contribution is 2.38. The van der Waals surface area contributed by atoms with Crippen molar-refractivity contribution in [2.24, 2.45) is 5.92 Å². The van der Waals surface area contributed by atoms with Crippen molar-refractivity contribution in [3.63, 3.8) is 0 Å². The van der Waals surface area contributed by atoms with Crippen molar-refractivity contribution in [1.29, 1.82) is 0 Å². The van der Waals surface area contributed by atoms with Crippen LogP contribution in [0.15, 0.2) is 35.4 Å². The normalized spacial score (nSPS) is 16.2. The molecule has 3 rings (SSSR count). The zero-order valence-electron chi connectivity index (χ0n) is 16.1. The summed E-state index contributed by atoms with van der Waals surface area (Å²) in [5.74, 6) is -0.683. The highest BCUT2D eigenvalue weighted by atomic mass is 32.2. The van der Waals surface area contributed by atoms with Gasteiger partial charge in [0.2, 0.25) is 0 Å². The van der Waals surface area contributed by atoms with E-state index in [0.717, 1.165) is 6.07 Å². The fourth-order valence-electron chi connectivity index (χ4n) is 3.62. The Bertz CT molecular complexity index is 931. The van der Waals surface area contributed by atoms with Crippen LogP contribution >= 0.6 is 11.5 Å². The van der Waals surface area contributed by atoms with E-state index in [4.69, 9.17) is 0 Å².